The van der Waals surface area contributed by atoms with E-state index < -0.39 is 46.0 Å². The third-order valence-electron chi connectivity index (χ3n) is 3.76. The van der Waals surface area contributed by atoms with Gasteiger partial charge < -0.3 is 20.4 Å². The van der Waals surface area contributed by atoms with Crippen molar-refractivity contribution in [3.8, 4) is 0 Å². The molecule has 2 rings (SSSR count). The average molecular weight is 344 g/mol. The van der Waals surface area contributed by atoms with E-state index in [9.17, 15) is 39.6 Å². The molecule has 8 nitrogen and oxygen atoms in total. The number of aliphatic carboxylic acids is 2. The number of benzene rings is 2. The summed E-state index contributed by atoms with van der Waals surface area (Å²) < 4.78 is 0. The van der Waals surface area contributed by atoms with E-state index in [1.165, 1.54) is 30.3 Å². The summed E-state index contributed by atoms with van der Waals surface area (Å²) in [4.78, 5) is 46.9. The Hall–Kier alpha value is -3.68. The number of aromatic carboxylic acids is 2. The Kier molecular flexibility index (Phi) is 4.55. The zero-order valence-electron chi connectivity index (χ0n) is 12.5. The molecule has 0 heterocycles. The molecule has 0 bridgehead atoms. The van der Waals surface area contributed by atoms with Crippen molar-refractivity contribution in [2.75, 3.05) is 0 Å². The van der Waals surface area contributed by atoms with Crippen LogP contribution in [0.2, 0.25) is 0 Å². The first-order valence-corrected chi connectivity index (χ1v) is 6.87. The van der Waals surface area contributed by atoms with Gasteiger partial charge in [-0.25, -0.2) is 9.59 Å². The van der Waals surface area contributed by atoms with E-state index >= 15 is 0 Å². The molecule has 0 aliphatic heterocycles. The van der Waals surface area contributed by atoms with Crippen molar-refractivity contribution in [2.45, 2.75) is 5.41 Å². The van der Waals surface area contributed by atoms with Gasteiger partial charge in [-0.1, -0.05) is 42.5 Å². The summed E-state index contributed by atoms with van der Waals surface area (Å²) in [5.74, 6) is -7.03. The summed E-state index contributed by atoms with van der Waals surface area (Å²) >= 11 is 0. The Morgan fingerprint density at radius 2 is 1.24 bits per heavy atom. The van der Waals surface area contributed by atoms with E-state index in [4.69, 9.17) is 0 Å². The minimum Gasteiger partial charge on any atom is -0.480 e. The topological polar surface area (TPSA) is 149 Å². The number of carbonyl (C=O) groups is 4. The average Bonchev–Trinajstić information content (AvgIpc) is 2.55. The highest BCUT2D eigenvalue weighted by Gasteiger charge is 2.52. The zero-order chi connectivity index (χ0) is 18.8. The van der Waals surface area contributed by atoms with Crippen LogP contribution in [-0.2, 0) is 15.0 Å². The SMILES string of the molecule is O=C(O)c1cccc(C(C(=O)O)(C(=O)O)c2ccccc2)c1C(=O)O. The van der Waals surface area contributed by atoms with Crippen LogP contribution < -0.4 is 0 Å². The monoisotopic (exact) mass is 344 g/mol. The van der Waals surface area contributed by atoms with Crippen molar-refractivity contribution in [2.24, 2.45) is 0 Å². The van der Waals surface area contributed by atoms with Gasteiger partial charge in [-0.05, 0) is 11.6 Å². The molecule has 0 fully saturated rings. The lowest BCUT2D eigenvalue weighted by Crippen LogP contribution is -2.46. The van der Waals surface area contributed by atoms with Gasteiger partial charge in [0.25, 0.3) is 0 Å². The fourth-order valence-corrected chi connectivity index (χ4v) is 2.69. The van der Waals surface area contributed by atoms with E-state index in [2.05, 4.69) is 0 Å². The largest absolute Gasteiger partial charge is 0.480 e. The summed E-state index contributed by atoms with van der Waals surface area (Å²) in [6, 6.07) is 9.84. The molecule has 0 unspecified atom stereocenters. The highest BCUT2D eigenvalue weighted by Crippen LogP contribution is 2.36. The third kappa shape index (κ3) is 2.69. The lowest BCUT2D eigenvalue weighted by atomic mass is 9.72. The third-order valence-corrected chi connectivity index (χ3v) is 3.76. The van der Waals surface area contributed by atoms with Gasteiger partial charge in [0, 0.05) is 5.56 Å². The quantitative estimate of drug-likeness (QED) is 0.576. The van der Waals surface area contributed by atoms with Crippen LogP contribution >= 0.6 is 0 Å². The summed E-state index contributed by atoms with van der Waals surface area (Å²) in [6.45, 7) is 0. The second kappa shape index (κ2) is 6.44. The minimum atomic E-state index is -2.78. The Morgan fingerprint density at radius 1 is 0.680 bits per heavy atom. The fraction of sp³-hybridized carbons (Fsp3) is 0.0588. The van der Waals surface area contributed by atoms with Crippen molar-refractivity contribution < 1.29 is 39.6 Å². The minimum absolute atomic E-state index is 0.208. The summed E-state index contributed by atoms with van der Waals surface area (Å²) in [7, 11) is 0. The van der Waals surface area contributed by atoms with Crippen molar-refractivity contribution >= 4 is 23.9 Å². The first-order valence-electron chi connectivity index (χ1n) is 6.87. The molecule has 2 aromatic carbocycles. The van der Waals surface area contributed by atoms with Gasteiger partial charge in [-0.15, -0.1) is 0 Å². The number of rotatable bonds is 6. The predicted molar refractivity (Wildman–Crippen MR) is 82.9 cm³/mol. The van der Waals surface area contributed by atoms with E-state index in [-0.39, 0.29) is 5.56 Å². The van der Waals surface area contributed by atoms with Gasteiger partial charge in [-0.2, -0.15) is 0 Å². The number of carboxylic acid groups (broad SMARTS) is 4. The molecule has 0 saturated heterocycles. The van der Waals surface area contributed by atoms with Crippen molar-refractivity contribution in [1.82, 2.24) is 0 Å². The lowest BCUT2D eigenvalue weighted by Gasteiger charge is -2.27. The van der Waals surface area contributed by atoms with E-state index in [0.717, 1.165) is 18.2 Å². The Balaban J connectivity index is 3.02. The highest BCUT2D eigenvalue weighted by molar-refractivity contribution is 6.13. The van der Waals surface area contributed by atoms with E-state index in [1.54, 1.807) is 0 Å². The van der Waals surface area contributed by atoms with Gasteiger partial charge in [0.15, 0.2) is 0 Å². The van der Waals surface area contributed by atoms with Crippen LogP contribution in [0.4, 0.5) is 0 Å². The van der Waals surface area contributed by atoms with Gasteiger partial charge in [0.1, 0.15) is 0 Å². The molecule has 0 spiro atoms. The molecule has 0 saturated carbocycles. The molecule has 128 valence electrons. The molecule has 0 amide bonds. The molecule has 8 heteroatoms. The van der Waals surface area contributed by atoms with Gasteiger partial charge in [0.05, 0.1) is 11.1 Å². The number of carboxylic acids is 4. The standard InChI is InChI=1S/C17H12O8/c18-13(19)10-7-4-8-11(12(10)14(20)21)17(15(22)23,16(24)25)9-5-2-1-3-6-9/h1-8H,(H,18,19)(H,20,21)(H,22,23)(H,24,25). The molecule has 0 aliphatic carbocycles. The smallest absolute Gasteiger partial charge is 0.336 e. The van der Waals surface area contributed by atoms with Crippen LogP contribution in [0.15, 0.2) is 48.5 Å². The van der Waals surface area contributed by atoms with Crippen LogP contribution in [0.25, 0.3) is 0 Å². The van der Waals surface area contributed by atoms with Crippen LogP contribution in [0.5, 0.6) is 0 Å². The maximum Gasteiger partial charge on any atom is 0.336 e. The highest BCUT2D eigenvalue weighted by atomic mass is 16.4. The lowest BCUT2D eigenvalue weighted by molar-refractivity contribution is -0.155. The molecule has 4 N–H and O–H groups in total. The number of hydrogen-bond acceptors (Lipinski definition) is 4. The Labute approximate surface area is 140 Å². The summed E-state index contributed by atoms with van der Waals surface area (Å²) in [5, 5.41) is 38.0. The second-order valence-electron chi connectivity index (χ2n) is 5.06. The fourth-order valence-electron chi connectivity index (χ4n) is 2.69. The zero-order valence-corrected chi connectivity index (χ0v) is 12.5. The van der Waals surface area contributed by atoms with Crippen molar-refractivity contribution in [3.05, 3.63) is 70.8 Å². The molecular weight excluding hydrogens is 332 g/mol. The predicted octanol–water partition coefficient (Wildman–Crippen LogP) is 1.54. The van der Waals surface area contributed by atoms with E-state index in [1.807, 2.05) is 0 Å². The van der Waals surface area contributed by atoms with Crippen molar-refractivity contribution in [3.63, 3.8) is 0 Å². The molecule has 0 radical (unpaired) electrons. The molecular formula is C17H12O8. The molecule has 25 heavy (non-hydrogen) atoms. The van der Waals surface area contributed by atoms with Gasteiger partial charge in [-0.3, -0.25) is 9.59 Å². The van der Waals surface area contributed by atoms with Crippen molar-refractivity contribution in [1.29, 1.82) is 0 Å². The summed E-state index contributed by atoms with van der Waals surface area (Å²) in [5.41, 5.74) is -5.22. The van der Waals surface area contributed by atoms with Crippen LogP contribution in [-0.4, -0.2) is 44.3 Å². The second-order valence-corrected chi connectivity index (χ2v) is 5.06. The summed E-state index contributed by atoms with van der Waals surface area (Å²) in [6.07, 6.45) is 0. The molecule has 0 aromatic heterocycles. The van der Waals surface area contributed by atoms with Crippen LogP contribution in [0.1, 0.15) is 31.8 Å². The van der Waals surface area contributed by atoms with Crippen LogP contribution in [0.3, 0.4) is 0 Å². The Morgan fingerprint density at radius 3 is 1.68 bits per heavy atom. The molecule has 0 atom stereocenters. The van der Waals surface area contributed by atoms with Crippen LogP contribution in [0, 0.1) is 0 Å². The normalized spacial score (nSPS) is 10.9. The van der Waals surface area contributed by atoms with E-state index in [0.29, 0.717) is 0 Å². The Bertz CT molecular complexity index is 855. The number of hydrogen-bond donors (Lipinski definition) is 4. The maximum atomic E-state index is 12.0. The van der Waals surface area contributed by atoms with Gasteiger partial charge in [0.2, 0.25) is 5.41 Å². The molecule has 2 aromatic rings. The first kappa shape index (κ1) is 17.7. The molecule has 0 aliphatic rings. The maximum absolute atomic E-state index is 12.0. The van der Waals surface area contributed by atoms with Gasteiger partial charge >= 0.3 is 23.9 Å². The first-order chi connectivity index (χ1) is 11.7.